The molecule has 0 aromatic carbocycles. The largest absolute Gasteiger partial charge is 0.419 e. The SMILES string of the molecule is Fc1c(C(F)(F)F)ccn2cnnc12. The van der Waals surface area contributed by atoms with Crippen LogP contribution in [0.25, 0.3) is 5.65 Å². The van der Waals surface area contributed by atoms with Crippen molar-refractivity contribution in [3.05, 3.63) is 30.0 Å². The Morgan fingerprint density at radius 2 is 2.00 bits per heavy atom. The topological polar surface area (TPSA) is 30.2 Å². The molecule has 0 N–H and O–H groups in total. The minimum atomic E-state index is -4.71. The molecule has 0 aliphatic carbocycles. The van der Waals surface area contributed by atoms with E-state index < -0.39 is 23.2 Å². The summed E-state index contributed by atoms with van der Waals surface area (Å²) in [5, 5.41) is 6.52. The number of halogens is 4. The van der Waals surface area contributed by atoms with Crippen LogP contribution in [0, 0.1) is 5.82 Å². The summed E-state index contributed by atoms with van der Waals surface area (Å²) in [6.07, 6.45) is -2.53. The van der Waals surface area contributed by atoms with Gasteiger partial charge in [0.15, 0.2) is 11.5 Å². The molecule has 2 aromatic heterocycles. The zero-order valence-electron chi connectivity index (χ0n) is 6.59. The van der Waals surface area contributed by atoms with Gasteiger partial charge < -0.3 is 0 Å². The maximum Gasteiger partial charge on any atom is 0.419 e. The third-order valence-electron chi connectivity index (χ3n) is 1.71. The van der Waals surface area contributed by atoms with Gasteiger partial charge >= 0.3 is 6.18 Å². The average Bonchev–Trinajstić information content (AvgIpc) is 2.50. The first-order chi connectivity index (χ1) is 6.50. The lowest BCUT2D eigenvalue weighted by molar-refractivity contribution is -0.139. The van der Waals surface area contributed by atoms with Crippen molar-refractivity contribution in [3.63, 3.8) is 0 Å². The molecular formula is C7H3F4N3. The van der Waals surface area contributed by atoms with Crippen LogP contribution in [-0.2, 0) is 6.18 Å². The summed E-state index contributed by atoms with van der Waals surface area (Å²) >= 11 is 0. The van der Waals surface area contributed by atoms with E-state index in [2.05, 4.69) is 10.2 Å². The van der Waals surface area contributed by atoms with E-state index in [1.54, 1.807) is 0 Å². The van der Waals surface area contributed by atoms with E-state index in [1.807, 2.05) is 0 Å². The van der Waals surface area contributed by atoms with Crippen molar-refractivity contribution in [2.75, 3.05) is 0 Å². The third-order valence-corrected chi connectivity index (χ3v) is 1.71. The molecule has 0 fully saturated rings. The highest BCUT2D eigenvalue weighted by Crippen LogP contribution is 2.31. The van der Waals surface area contributed by atoms with E-state index in [9.17, 15) is 17.6 Å². The third kappa shape index (κ3) is 1.21. The Labute approximate surface area is 75.0 Å². The maximum absolute atomic E-state index is 13.2. The molecule has 0 radical (unpaired) electrons. The molecule has 74 valence electrons. The van der Waals surface area contributed by atoms with E-state index in [0.29, 0.717) is 6.07 Å². The summed E-state index contributed by atoms with van der Waals surface area (Å²) in [7, 11) is 0. The van der Waals surface area contributed by atoms with Gasteiger partial charge in [-0.15, -0.1) is 10.2 Å². The quantitative estimate of drug-likeness (QED) is 0.614. The summed E-state index contributed by atoms with van der Waals surface area (Å²) in [5.41, 5.74) is -1.77. The molecule has 2 rings (SSSR count). The second-order valence-corrected chi connectivity index (χ2v) is 2.60. The lowest BCUT2D eigenvalue weighted by Gasteiger charge is -2.07. The predicted molar refractivity (Wildman–Crippen MR) is 37.9 cm³/mol. The molecule has 14 heavy (non-hydrogen) atoms. The lowest BCUT2D eigenvalue weighted by atomic mass is 10.2. The molecule has 7 heteroatoms. The molecule has 0 aliphatic rings. The molecule has 0 atom stereocenters. The van der Waals surface area contributed by atoms with Gasteiger partial charge in [-0.3, -0.25) is 4.40 Å². The number of alkyl halides is 3. The number of hydrogen-bond donors (Lipinski definition) is 0. The van der Waals surface area contributed by atoms with Crippen molar-refractivity contribution in [3.8, 4) is 0 Å². The number of rotatable bonds is 0. The molecule has 3 nitrogen and oxygen atoms in total. The van der Waals surface area contributed by atoms with Gasteiger partial charge in [-0.25, -0.2) is 4.39 Å². The Morgan fingerprint density at radius 3 is 2.64 bits per heavy atom. The normalized spacial score (nSPS) is 12.3. The summed E-state index contributed by atoms with van der Waals surface area (Å²) in [6, 6.07) is 0.645. The standard InChI is InChI=1S/C7H3F4N3/c8-5-4(7(9,10)11)1-2-14-3-12-13-6(5)14/h1-3H. The zero-order chi connectivity index (χ0) is 10.3. The summed E-state index contributed by atoms with van der Waals surface area (Å²) in [4.78, 5) is 0. The molecular weight excluding hydrogens is 202 g/mol. The van der Waals surface area contributed by atoms with E-state index in [1.165, 1.54) is 0 Å². The average molecular weight is 205 g/mol. The fourth-order valence-electron chi connectivity index (χ4n) is 1.08. The first-order valence-corrected chi connectivity index (χ1v) is 3.55. The van der Waals surface area contributed by atoms with Gasteiger partial charge in [-0.05, 0) is 6.07 Å². The summed E-state index contributed by atoms with van der Waals surface area (Å²) < 4.78 is 50.8. The van der Waals surface area contributed by atoms with Crippen molar-refractivity contribution >= 4 is 5.65 Å². The fraction of sp³-hybridized carbons (Fsp3) is 0.143. The van der Waals surface area contributed by atoms with Gasteiger partial charge in [0.2, 0.25) is 0 Å². The van der Waals surface area contributed by atoms with Gasteiger partial charge in [0.05, 0.1) is 5.56 Å². The Bertz CT molecular complexity index is 473. The van der Waals surface area contributed by atoms with Crippen LogP contribution in [0.3, 0.4) is 0 Å². The highest BCUT2D eigenvalue weighted by atomic mass is 19.4. The summed E-state index contributed by atoms with van der Waals surface area (Å²) in [6.45, 7) is 0. The maximum atomic E-state index is 13.2. The molecule has 0 bridgehead atoms. The fourth-order valence-corrected chi connectivity index (χ4v) is 1.08. The van der Waals surface area contributed by atoms with Gasteiger partial charge in [-0.1, -0.05) is 0 Å². The van der Waals surface area contributed by atoms with Crippen LogP contribution in [0.2, 0.25) is 0 Å². The predicted octanol–water partition coefficient (Wildman–Crippen LogP) is 1.89. The van der Waals surface area contributed by atoms with Crippen LogP contribution >= 0.6 is 0 Å². The Balaban J connectivity index is 2.74. The molecule has 0 spiro atoms. The molecule has 0 aliphatic heterocycles. The first kappa shape index (κ1) is 8.92. The molecule has 0 saturated heterocycles. The van der Waals surface area contributed by atoms with Crippen LogP contribution < -0.4 is 0 Å². The van der Waals surface area contributed by atoms with Crippen molar-refractivity contribution in [2.45, 2.75) is 6.18 Å². The minimum Gasteiger partial charge on any atom is -0.287 e. The molecule has 0 saturated carbocycles. The second kappa shape index (κ2) is 2.66. The van der Waals surface area contributed by atoms with E-state index in [-0.39, 0.29) is 0 Å². The Kier molecular flexibility index (Phi) is 1.70. The number of fused-ring (bicyclic) bond motifs is 1. The first-order valence-electron chi connectivity index (χ1n) is 3.55. The number of aromatic nitrogens is 3. The molecule has 0 amide bonds. The van der Waals surface area contributed by atoms with Gasteiger partial charge in [0, 0.05) is 6.20 Å². The van der Waals surface area contributed by atoms with Crippen molar-refractivity contribution in [2.24, 2.45) is 0 Å². The Morgan fingerprint density at radius 1 is 1.29 bits per heavy atom. The van der Waals surface area contributed by atoms with Crippen LogP contribution in [0.1, 0.15) is 5.56 Å². The highest BCUT2D eigenvalue weighted by Gasteiger charge is 2.35. The van der Waals surface area contributed by atoms with Gasteiger partial charge in [0.1, 0.15) is 6.33 Å². The number of nitrogens with zero attached hydrogens (tertiary/aromatic N) is 3. The Hall–Kier alpha value is -1.66. The molecule has 0 unspecified atom stereocenters. The summed E-state index contributed by atoms with van der Waals surface area (Å²) in [5.74, 6) is -1.41. The highest BCUT2D eigenvalue weighted by molar-refractivity contribution is 5.43. The van der Waals surface area contributed by atoms with Crippen LogP contribution in [0.4, 0.5) is 17.6 Å². The van der Waals surface area contributed by atoms with Crippen molar-refractivity contribution < 1.29 is 17.6 Å². The van der Waals surface area contributed by atoms with Gasteiger partial charge in [-0.2, -0.15) is 13.2 Å². The molecule has 2 heterocycles. The molecule has 2 aromatic rings. The van der Waals surface area contributed by atoms with Crippen molar-refractivity contribution in [1.82, 2.24) is 14.6 Å². The van der Waals surface area contributed by atoms with Gasteiger partial charge in [0.25, 0.3) is 0 Å². The zero-order valence-corrected chi connectivity index (χ0v) is 6.59. The number of pyridine rings is 1. The smallest absolute Gasteiger partial charge is 0.287 e. The van der Waals surface area contributed by atoms with E-state index in [4.69, 9.17) is 0 Å². The second-order valence-electron chi connectivity index (χ2n) is 2.60. The van der Waals surface area contributed by atoms with Crippen LogP contribution in [-0.4, -0.2) is 14.6 Å². The van der Waals surface area contributed by atoms with Crippen LogP contribution in [0.5, 0.6) is 0 Å². The van der Waals surface area contributed by atoms with E-state index in [0.717, 1.165) is 16.9 Å². The van der Waals surface area contributed by atoms with Crippen LogP contribution in [0.15, 0.2) is 18.6 Å². The van der Waals surface area contributed by atoms with E-state index >= 15 is 0 Å². The monoisotopic (exact) mass is 205 g/mol. The van der Waals surface area contributed by atoms with Crippen molar-refractivity contribution in [1.29, 1.82) is 0 Å². The minimum absolute atomic E-state index is 0.431. The number of hydrogen-bond acceptors (Lipinski definition) is 2. The lowest BCUT2D eigenvalue weighted by Crippen LogP contribution is -2.09.